The first-order valence-corrected chi connectivity index (χ1v) is 7.23. The summed E-state index contributed by atoms with van der Waals surface area (Å²) in [6.07, 6.45) is 0.329. The van der Waals surface area contributed by atoms with Crippen LogP contribution in [0, 0.1) is 0 Å². The lowest BCUT2D eigenvalue weighted by Gasteiger charge is -2.10. The van der Waals surface area contributed by atoms with Crippen molar-refractivity contribution in [1.82, 2.24) is 9.71 Å². The van der Waals surface area contributed by atoms with Crippen LogP contribution in [0.4, 0.5) is 0 Å². The van der Waals surface area contributed by atoms with Gasteiger partial charge < -0.3 is 9.84 Å². The van der Waals surface area contributed by atoms with Crippen LogP contribution in [-0.4, -0.2) is 50.0 Å². The number of pyridine rings is 1. The summed E-state index contributed by atoms with van der Waals surface area (Å²) < 4.78 is 29.6. The van der Waals surface area contributed by atoms with Crippen LogP contribution in [0.25, 0.3) is 0 Å². The summed E-state index contributed by atoms with van der Waals surface area (Å²) in [5.41, 5.74) is 0.654. The molecule has 1 heterocycles. The van der Waals surface area contributed by atoms with Gasteiger partial charge in [-0.1, -0.05) is 6.07 Å². The molecule has 0 aromatic carbocycles. The monoisotopic (exact) mass is 288 g/mol. The van der Waals surface area contributed by atoms with E-state index in [2.05, 4.69) is 14.4 Å². The van der Waals surface area contributed by atoms with Gasteiger partial charge in [0.1, 0.15) is 0 Å². The van der Waals surface area contributed by atoms with Gasteiger partial charge in [0.25, 0.3) is 0 Å². The number of carbonyl (C=O) groups is 1. The molecule has 7 nitrogen and oxygen atoms in total. The molecule has 0 radical (unpaired) electrons. The fourth-order valence-corrected chi connectivity index (χ4v) is 2.32. The third-order valence-corrected chi connectivity index (χ3v) is 3.67. The molecule has 1 atom stereocenters. The molecule has 1 aromatic rings. The quantitative estimate of drug-likeness (QED) is 0.628. The molecule has 0 spiro atoms. The molecule has 0 aliphatic rings. The molecule has 0 aliphatic carbocycles. The molecule has 8 heteroatoms. The van der Waals surface area contributed by atoms with Crippen molar-refractivity contribution in [1.29, 1.82) is 0 Å². The van der Waals surface area contributed by atoms with E-state index in [9.17, 15) is 18.3 Å². The van der Waals surface area contributed by atoms with Gasteiger partial charge in [-0.2, -0.15) is 0 Å². The molecule has 106 valence electrons. The van der Waals surface area contributed by atoms with Crippen molar-refractivity contribution >= 4 is 16.0 Å². The van der Waals surface area contributed by atoms with Gasteiger partial charge in [-0.15, -0.1) is 0 Å². The molecular weight excluding hydrogens is 272 g/mol. The molecule has 0 fully saturated rings. The van der Waals surface area contributed by atoms with Gasteiger partial charge in [0.2, 0.25) is 10.0 Å². The number of nitrogens with one attached hydrogen (secondary N) is 1. The average Bonchev–Trinajstić information content (AvgIpc) is 2.43. The standard InChI is InChI=1S/C11H16N2O5S/c1-18-11(15)10(14)8-13-19(16,17)7-5-9-4-2-3-6-12-9/h2-4,6,10,13-14H,5,7-8H2,1H3. The summed E-state index contributed by atoms with van der Waals surface area (Å²) >= 11 is 0. The Hall–Kier alpha value is -1.51. The summed E-state index contributed by atoms with van der Waals surface area (Å²) in [7, 11) is -2.46. The Morgan fingerprint density at radius 1 is 1.53 bits per heavy atom. The van der Waals surface area contributed by atoms with Crippen LogP contribution in [0.1, 0.15) is 5.69 Å². The fraction of sp³-hybridized carbons (Fsp3) is 0.455. The number of esters is 1. The fourth-order valence-electron chi connectivity index (χ4n) is 1.28. The second-order valence-electron chi connectivity index (χ2n) is 3.78. The van der Waals surface area contributed by atoms with Crippen LogP contribution >= 0.6 is 0 Å². The zero-order valence-electron chi connectivity index (χ0n) is 10.4. The third kappa shape index (κ3) is 5.77. The SMILES string of the molecule is COC(=O)C(O)CNS(=O)(=O)CCc1ccccn1. The number of sulfonamides is 1. The Morgan fingerprint density at radius 3 is 2.84 bits per heavy atom. The molecule has 1 rings (SSSR count). The van der Waals surface area contributed by atoms with Crippen molar-refractivity contribution in [3.05, 3.63) is 30.1 Å². The van der Waals surface area contributed by atoms with Crippen LogP contribution in [0.5, 0.6) is 0 Å². The first kappa shape index (κ1) is 15.5. The van der Waals surface area contributed by atoms with Crippen molar-refractivity contribution in [2.75, 3.05) is 19.4 Å². The Bertz CT molecular complexity index is 503. The maximum absolute atomic E-state index is 11.6. The van der Waals surface area contributed by atoms with E-state index in [1.54, 1.807) is 24.4 Å². The zero-order valence-corrected chi connectivity index (χ0v) is 11.3. The van der Waals surface area contributed by atoms with E-state index >= 15 is 0 Å². The summed E-state index contributed by atoms with van der Waals surface area (Å²) in [4.78, 5) is 14.9. The lowest BCUT2D eigenvalue weighted by molar-refractivity contribution is -0.149. The van der Waals surface area contributed by atoms with Crippen molar-refractivity contribution in [3.8, 4) is 0 Å². The second-order valence-corrected chi connectivity index (χ2v) is 5.70. The number of aryl methyl sites for hydroxylation is 1. The highest BCUT2D eigenvalue weighted by Crippen LogP contribution is 1.98. The Morgan fingerprint density at radius 2 is 2.26 bits per heavy atom. The highest BCUT2D eigenvalue weighted by molar-refractivity contribution is 7.89. The number of rotatable bonds is 7. The van der Waals surface area contributed by atoms with Crippen LogP contribution in [0.2, 0.25) is 0 Å². The minimum atomic E-state index is -3.57. The van der Waals surface area contributed by atoms with Gasteiger partial charge >= 0.3 is 5.97 Å². The van der Waals surface area contributed by atoms with Gasteiger partial charge in [0.15, 0.2) is 6.10 Å². The van der Waals surface area contributed by atoms with Crippen molar-refractivity contribution in [3.63, 3.8) is 0 Å². The molecule has 0 amide bonds. The van der Waals surface area contributed by atoms with Gasteiger partial charge in [-0.05, 0) is 12.1 Å². The van der Waals surface area contributed by atoms with E-state index in [0.29, 0.717) is 5.69 Å². The first-order valence-electron chi connectivity index (χ1n) is 5.58. The molecule has 19 heavy (non-hydrogen) atoms. The normalized spacial score (nSPS) is 12.9. The molecule has 0 aliphatic heterocycles. The number of hydrogen-bond acceptors (Lipinski definition) is 6. The number of nitrogens with zero attached hydrogens (tertiary/aromatic N) is 1. The predicted octanol–water partition coefficient (Wildman–Crippen LogP) is -0.923. The van der Waals surface area contributed by atoms with Gasteiger partial charge in [0, 0.05) is 24.9 Å². The van der Waals surface area contributed by atoms with Crippen molar-refractivity contribution in [2.45, 2.75) is 12.5 Å². The molecule has 0 saturated heterocycles. The summed E-state index contributed by atoms with van der Waals surface area (Å²) in [6.45, 7) is -0.406. The Labute approximate surface area is 111 Å². The lowest BCUT2D eigenvalue weighted by atomic mass is 10.3. The largest absolute Gasteiger partial charge is 0.467 e. The van der Waals surface area contributed by atoms with E-state index in [4.69, 9.17) is 0 Å². The van der Waals surface area contributed by atoms with Crippen LogP contribution in [0.3, 0.4) is 0 Å². The number of hydrogen-bond donors (Lipinski definition) is 2. The highest BCUT2D eigenvalue weighted by atomic mass is 32.2. The van der Waals surface area contributed by atoms with E-state index in [1.807, 2.05) is 0 Å². The van der Waals surface area contributed by atoms with Crippen LogP contribution in [0.15, 0.2) is 24.4 Å². The maximum Gasteiger partial charge on any atom is 0.336 e. The topological polar surface area (TPSA) is 106 Å². The Balaban J connectivity index is 2.42. The first-order chi connectivity index (χ1) is 8.94. The minimum absolute atomic E-state index is 0.169. The molecule has 0 saturated carbocycles. The maximum atomic E-state index is 11.6. The molecule has 1 aromatic heterocycles. The smallest absolute Gasteiger partial charge is 0.336 e. The third-order valence-electron chi connectivity index (χ3n) is 2.32. The van der Waals surface area contributed by atoms with Gasteiger partial charge in [-0.3, -0.25) is 4.98 Å². The number of aromatic nitrogens is 1. The van der Waals surface area contributed by atoms with E-state index in [1.165, 1.54) is 0 Å². The number of carbonyl (C=O) groups excluding carboxylic acids is 1. The van der Waals surface area contributed by atoms with Crippen LogP contribution < -0.4 is 4.72 Å². The summed E-state index contributed by atoms with van der Waals surface area (Å²) in [5, 5.41) is 9.25. The average molecular weight is 288 g/mol. The van der Waals surface area contributed by atoms with E-state index in [-0.39, 0.29) is 12.2 Å². The minimum Gasteiger partial charge on any atom is -0.467 e. The van der Waals surface area contributed by atoms with Crippen molar-refractivity contribution < 1.29 is 23.1 Å². The second kappa shape index (κ2) is 7.17. The number of methoxy groups -OCH3 is 1. The lowest BCUT2D eigenvalue weighted by Crippen LogP contribution is -2.38. The number of aliphatic hydroxyl groups is 1. The van der Waals surface area contributed by atoms with Crippen LogP contribution in [-0.2, 0) is 26.0 Å². The van der Waals surface area contributed by atoms with Gasteiger partial charge in [0.05, 0.1) is 12.9 Å². The van der Waals surface area contributed by atoms with Crippen molar-refractivity contribution in [2.24, 2.45) is 0 Å². The number of aliphatic hydroxyl groups excluding tert-OH is 1. The molecule has 0 bridgehead atoms. The zero-order chi connectivity index (χ0) is 14.3. The Kier molecular flexibility index (Phi) is 5.87. The number of ether oxygens (including phenoxy) is 1. The summed E-state index contributed by atoms with van der Waals surface area (Å²) in [5.74, 6) is -1.05. The van der Waals surface area contributed by atoms with E-state index < -0.39 is 28.6 Å². The molecular formula is C11H16N2O5S. The van der Waals surface area contributed by atoms with E-state index in [0.717, 1.165) is 7.11 Å². The highest BCUT2D eigenvalue weighted by Gasteiger charge is 2.19. The summed E-state index contributed by atoms with van der Waals surface area (Å²) in [6, 6.07) is 5.23. The predicted molar refractivity (Wildman–Crippen MR) is 67.8 cm³/mol. The molecule has 2 N–H and O–H groups in total. The molecule has 1 unspecified atom stereocenters. The van der Waals surface area contributed by atoms with Gasteiger partial charge in [-0.25, -0.2) is 17.9 Å².